The Bertz CT molecular complexity index is 650. The summed E-state index contributed by atoms with van der Waals surface area (Å²) in [6.45, 7) is 1.87. The Morgan fingerprint density at radius 1 is 1.26 bits per heavy atom. The van der Waals surface area contributed by atoms with E-state index in [0.717, 1.165) is 16.9 Å². The first-order valence-corrected chi connectivity index (χ1v) is 6.05. The lowest BCUT2D eigenvalue weighted by Crippen LogP contribution is -2.21. The summed E-state index contributed by atoms with van der Waals surface area (Å²) in [5, 5.41) is 8.63. The smallest absolute Gasteiger partial charge is 0.332 e. The van der Waals surface area contributed by atoms with Crippen LogP contribution in [0.15, 0.2) is 35.3 Å². The molecule has 19 heavy (non-hydrogen) atoms. The maximum atomic E-state index is 11.9. The Morgan fingerprint density at radius 2 is 1.89 bits per heavy atom. The number of nitrogens with zero attached hydrogens (tertiary/aromatic N) is 2. The van der Waals surface area contributed by atoms with Crippen LogP contribution < -0.4 is 5.69 Å². The molecular weight excluding hydrogens is 244 g/mol. The fourth-order valence-corrected chi connectivity index (χ4v) is 2.08. The second-order valence-electron chi connectivity index (χ2n) is 4.56. The maximum absolute atomic E-state index is 11.9. The van der Waals surface area contributed by atoms with Crippen molar-refractivity contribution in [1.29, 1.82) is 0 Å². The van der Waals surface area contributed by atoms with Crippen molar-refractivity contribution in [2.75, 3.05) is 0 Å². The topological polar surface area (TPSA) is 64.2 Å². The number of benzene rings is 1. The van der Waals surface area contributed by atoms with Gasteiger partial charge in [-0.2, -0.15) is 0 Å². The molecule has 0 bridgehead atoms. The van der Waals surface area contributed by atoms with Crippen LogP contribution in [-0.2, 0) is 18.3 Å². The van der Waals surface area contributed by atoms with Crippen molar-refractivity contribution in [3.05, 3.63) is 52.2 Å². The number of rotatable bonds is 4. The second-order valence-corrected chi connectivity index (χ2v) is 4.56. The number of aromatic nitrogens is 2. The van der Waals surface area contributed by atoms with Crippen molar-refractivity contribution < 1.29 is 9.90 Å². The lowest BCUT2D eigenvalue weighted by Gasteiger charge is -2.05. The number of carbonyl (C=O) groups is 1. The molecule has 1 aromatic carbocycles. The van der Waals surface area contributed by atoms with Gasteiger partial charge in [-0.15, -0.1) is 0 Å². The highest BCUT2D eigenvalue weighted by molar-refractivity contribution is 5.67. The van der Waals surface area contributed by atoms with Crippen molar-refractivity contribution in [1.82, 2.24) is 9.13 Å². The van der Waals surface area contributed by atoms with Gasteiger partial charge >= 0.3 is 11.7 Å². The van der Waals surface area contributed by atoms with E-state index in [0.29, 0.717) is 6.42 Å². The zero-order chi connectivity index (χ0) is 14.0. The molecular formula is C14H16N2O3. The normalized spacial score (nSPS) is 10.6. The van der Waals surface area contributed by atoms with Crippen LogP contribution in [0.2, 0.25) is 0 Å². The van der Waals surface area contributed by atoms with Gasteiger partial charge in [0, 0.05) is 25.4 Å². The van der Waals surface area contributed by atoms with Crippen molar-refractivity contribution in [2.24, 2.45) is 7.05 Å². The van der Waals surface area contributed by atoms with Crippen LogP contribution in [0.3, 0.4) is 0 Å². The Labute approximate surface area is 110 Å². The molecule has 5 nitrogen and oxygen atoms in total. The molecule has 0 unspecified atom stereocenters. The molecule has 0 atom stereocenters. The quantitative estimate of drug-likeness (QED) is 0.906. The van der Waals surface area contributed by atoms with E-state index in [-0.39, 0.29) is 12.1 Å². The molecule has 100 valence electrons. The average molecular weight is 260 g/mol. The van der Waals surface area contributed by atoms with E-state index in [1.54, 1.807) is 17.8 Å². The van der Waals surface area contributed by atoms with Gasteiger partial charge in [0.25, 0.3) is 0 Å². The van der Waals surface area contributed by atoms with Crippen LogP contribution in [0.4, 0.5) is 0 Å². The lowest BCUT2D eigenvalue weighted by atomic mass is 10.1. The minimum atomic E-state index is -0.806. The van der Waals surface area contributed by atoms with Gasteiger partial charge in [-0.3, -0.25) is 9.36 Å². The van der Waals surface area contributed by atoms with Gasteiger partial charge in [-0.25, -0.2) is 4.79 Å². The molecule has 0 aliphatic carbocycles. The molecule has 1 heterocycles. The van der Waals surface area contributed by atoms with Crippen molar-refractivity contribution in [3.8, 4) is 5.69 Å². The molecule has 5 heteroatoms. The minimum Gasteiger partial charge on any atom is -0.481 e. The molecule has 1 aromatic heterocycles. The first kappa shape index (κ1) is 13.1. The van der Waals surface area contributed by atoms with Gasteiger partial charge in [0.2, 0.25) is 0 Å². The van der Waals surface area contributed by atoms with Gasteiger partial charge in [0.05, 0.1) is 5.69 Å². The predicted octanol–water partition coefficient (Wildman–Crippen LogP) is 1.50. The van der Waals surface area contributed by atoms with E-state index >= 15 is 0 Å². The molecule has 0 aliphatic heterocycles. The van der Waals surface area contributed by atoms with Gasteiger partial charge in [0.1, 0.15) is 0 Å². The predicted molar refractivity (Wildman–Crippen MR) is 71.7 cm³/mol. The number of hydrogen-bond donors (Lipinski definition) is 1. The van der Waals surface area contributed by atoms with Crippen LogP contribution in [-0.4, -0.2) is 20.2 Å². The number of carboxylic acid groups (broad SMARTS) is 1. The number of imidazole rings is 1. The van der Waals surface area contributed by atoms with E-state index < -0.39 is 5.97 Å². The summed E-state index contributed by atoms with van der Waals surface area (Å²) in [6, 6.07) is 7.39. The molecule has 0 fully saturated rings. The lowest BCUT2D eigenvalue weighted by molar-refractivity contribution is -0.136. The fraction of sp³-hybridized carbons (Fsp3) is 0.286. The molecule has 0 radical (unpaired) electrons. The summed E-state index contributed by atoms with van der Waals surface area (Å²) in [5.41, 5.74) is 2.52. The van der Waals surface area contributed by atoms with Gasteiger partial charge in [0.15, 0.2) is 0 Å². The molecule has 0 saturated heterocycles. The van der Waals surface area contributed by atoms with Crippen molar-refractivity contribution in [2.45, 2.75) is 19.8 Å². The molecule has 1 N–H and O–H groups in total. The van der Waals surface area contributed by atoms with Gasteiger partial charge in [-0.05, 0) is 31.0 Å². The number of aliphatic carboxylic acids is 1. The fourth-order valence-electron chi connectivity index (χ4n) is 2.08. The standard InChI is InChI=1S/C14H16N2O3/c1-10-9-15(2)14(19)16(10)12-6-3-11(4-7-12)5-8-13(17)18/h3-4,6-7,9H,5,8H2,1-2H3,(H,17,18). The summed E-state index contributed by atoms with van der Waals surface area (Å²) in [4.78, 5) is 22.4. The van der Waals surface area contributed by atoms with E-state index in [1.165, 1.54) is 4.57 Å². The van der Waals surface area contributed by atoms with Crippen molar-refractivity contribution in [3.63, 3.8) is 0 Å². The SMILES string of the molecule is Cc1cn(C)c(=O)n1-c1ccc(CCC(=O)O)cc1. The third kappa shape index (κ3) is 2.76. The molecule has 2 aromatic rings. The zero-order valence-corrected chi connectivity index (χ0v) is 11.0. The van der Waals surface area contributed by atoms with Crippen LogP contribution in [0, 0.1) is 6.92 Å². The van der Waals surface area contributed by atoms with E-state index in [4.69, 9.17) is 5.11 Å². The molecule has 0 saturated carbocycles. The summed E-state index contributed by atoms with van der Waals surface area (Å²) in [7, 11) is 1.72. The van der Waals surface area contributed by atoms with E-state index in [1.807, 2.05) is 31.2 Å². The van der Waals surface area contributed by atoms with Gasteiger partial charge < -0.3 is 9.67 Å². The number of carboxylic acids is 1. The Hall–Kier alpha value is -2.30. The molecule has 2 rings (SSSR count). The minimum absolute atomic E-state index is 0.0872. The average Bonchev–Trinajstić information content (AvgIpc) is 2.62. The summed E-state index contributed by atoms with van der Waals surface area (Å²) < 4.78 is 3.16. The first-order chi connectivity index (χ1) is 8.99. The Kier molecular flexibility index (Phi) is 3.55. The summed E-state index contributed by atoms with van der Waals surface area (Å²) >= 11 is 0. The second kappa shape index (κ2) is 5.14. The third-order valence-electron chi connectivity index (χ3n) is 3.05. The molecule has 0 aliphatic rings. The number of aryl methyl sites for hydroxylation is 3. The van der Waals surface area contributed by atoms with Crippen LogP contribution >= 0.6 is 0 Å². The highest BCUT2D eigenvalue weighted by atomic mass is 16.4. The van der Waals surface area contributed by atoms with Crippen LogP contribution in [0.1, 0.15) is 17.7 Å². The van der Waals surface area contributed by atoms with E-state index in [2.05, 4.69) is 0 Å². The third-order valence-corrected chi connectivity index (χ3v) is 3.05. The maximum Gasteiger partial charge on any atom is 0.332 e. The Balaban J connectivity index is 2.27. The number of hydrogen-bond acceptors (Lipinski definition) is 2. The van der Waals surface area contributed by atoms with Crippen LogP contribution in [0.5, 0.6) is 0 Å². The van der Waals surface area contributed by atoms with Crippen molar-refractivity contribution >= 4 is 5.97 Å². The Morgan fingerprint density at radius 3 is 2.37 bits per heavy atom. The van der Waals surface area contributed by atoms with Gasteiger partial charge in [-0.1, -0.05) is 12.1 Å². The largest absolute Gasteiger partial charge is 0.481 e. The zero-order valence-electron chi connectivity index (χ0n) is 11.0. The first-order valence-electron chi connectivity index (χ1n) is 6.05. The molecule has 0 spiro atoms. The summed E-state index contributed by atoms with van der Waals surface area (Å²) in [5.74, 6) is -0.806. The van der Waals surface area contributed by atoms with Crippen LogP contribution in [0.25, 0.3) is 5.69 Å². The monoisotopic (exact) mass is 260 g/mol. The summed E-state index contributed by atoms with van der Waals surface area (Å²) in [6.07, 6.45) is 2.39. The molecule has 0 amide bonds. The highest BCUT2D eigenvalue weighted by Gasteiger charge is 2.07. The van der Waals surface area contributed by atoms with E-state index in [9.17, 15) is 9.59 Å². The highest BCUT2D eigenvalue weighted by Crippen LogP contribution is 2.11.